The molecular weight excluding hydrogens is 574 g/mol. The van der Waals surface area contributed by atoms with Crippen LogP contribution in [0.5, 0.6) is 5.75 Å². The van der Waals surface area contributed by atoms with Gasteiger partial charge < -0.3 is 18.5 Å². The molecule has 0 saturated carbocycles. The second-order valence-corrected chi connectivity index (χ2v) is 17.9. The zero-order valence-corrected chi connectivity index (χ0v) is 27.3. The average molecular weight is 612 g/mol. The van der Waals surface area contributed by atoms with Crippen LogP contribution in [-0.4, -0.2) is 47.8 Å². The number of rotatable bonds is 7. The summed E-state index contributed by atoms with van der Waals surface area (Å²) in [6.07, 6.45) is 0.825. The van der Waals surface area contributed by atoms with Crippen molar-refractivity contribution in [3.05, 3.63) is 56.9 Å². The van der Waals surface area contributed by atoms with E-state index in [-0.39, 0.29) is 30.2 Å². The van der Waals surface area contributed by atoms with Gasteiger partial charge in [0.1, 0.15) is 18.9 Å². The van der Waals surface area contributed by atoms with E-state index in [1.807, 2.05) is 12.1 Å². The third-order valence-electron chi connectivity index (χ3n) is 8.91. The normalized spacial score (nSPS) is 18.0. The number of aromatic nitrogens is 2. The van der Waals surface area contributed by atoms with Crippen LogP contribution >= 0.6 is 11.8 Å². The summed E-state index contributed by atoms with van der Waals surface area (Å²) in [6, 6.07) is 7.77. The van der Waals surface area contributed by atoms with Crippen LogP contribution in [0.3, 0.4) is 0 Å². The highest BCUT2D eigenvalue weighted by Gasteiger charge is 2.50. The van der Waals surface area contributed by atoms with Gasteiger partial charge in [-0.15, -0.1) is 0 Å². The van der Waals surface area contributed by atoms with Gasteiger partial charge in [-0.05, 0) is 72.6 Å². The van der Waals surface area contributed by atoms with E-state index >= 15 is 0 Å². The summed E-state index contributed by atoms with van der Waals surface area (Å²) in [4.78, 5) is 44.8. The Morgan fingerprint density at radius 3 is 2.52 bits per heavy atom. The fourth-order valence-corrected chi connectivity index (χ4v) is 6.74. The molecule has 2 aliphatic rings. The van der Waals surface area contributed by atoms with Crippen LogP contribution in [0.1, 0.15) is 63.3 Å². The first kappa shape index (κ1) is 30.3. The number of benzene rings is 1. The van der Waals surface area contributed by atoms with Crippen molar-refractivity contribution in [2.45, 2.75) is 84.3 Å². The largest absolute Gasteiger partial charge is 0.543 e. The molecule has 9 nitrogen and oxygen atoms in total. The number of nitrogens with zero attached hydrogens (tertiary/aromatic N) is 3. The molecule has 5 rings (SSSR count). The minimum atomic E-state index is -2.05. The number of likely N-dealkylation sites (N-methyl/N-ethyl adjacent to an activating group) is 1. The highest BCUT2D eigenvalue weighted by atomic mass is 35.5. The predicted octanol–water partition coefficient (Wildman–Crippen LogP) is 5.66. The summed E-state index contributed by atoms with van der Waals surface area (Å²) in [5.74, 6) is -0.588. The third kappa shape index (κ3) is 4.83. The van der Waals surface area contributed by atoms with Crippen LogP contribution < -0.4 is 9.99 Å². The summed E-state index contributed by atoms with van der Waals surface area (Å²) in [5.41, 5.74) is 2.73. The lowest BCUT2D eigenvalue weighted by atomic mass is 9.85. The first-order chi connectivity index (χ1) is 19.6. The van der Waals surface area contributed by atoms with E-state index in [0.29, 0.717) is 29.1 Å². The Bertz CT molecular complexity index is 1680. The Labute approximate surface area is 252 Å². The molecule has 0 unspecified atom stereocenters. The summed E-state index contributed by atoms with van der Waals surface area (Å²) < 4.78 is 20.6. The predicted molar refractivity (Wildman–Crippen MR) is 164 cm³/mol. The molecule has 0 fully saturated rings. The molecule has 11 heteroatoms. The molecule has 42 heavy (non-hydrogen) atoms. The van der Waals surface area contributed by atoms with E-state index in [0.717, 1.165) is 38.6 Å². The third-order valence-corrected chi connectivity index (χ3v) is 13.4. The van der Waals surface area contributed by atoms with Crippen molar-refractivity contribution >= 4 is 42.9 Å². The van der Waals surface area contributed by atoms with Crippen molar-refractivity contribution in [3.8, 4) is 17.1 Å². The number of halogens is 1. The number of pyridine rings is 2. The van der Waals surface area contributed by atoms with Crippen molar-refractivity contribution in [1.82, 2.24) is 14.0 Å². The van der Waals surface area contributed by atoms with Gasteiger partial charge in [0, 0.05) is 23.6 Å². The number of esters is 2. The molecule has 0 saturated heterocycles. The van der Waals surface area contributed by atoms with Gasteiger partial charge in [0.25, 0.3) is 5.56 Å². The number of cyclic esters (lactones) is 1. The van der Waals surface area contributed by atoms with E-state index in [2.05, 4.69) is 46.9 Å². The van der Waals surface area contributed by atoms with Gasteiger partial charge in [-0.1, -0.05) is 34.6 Å². The standard InChI is InChI=1S/C31H38ClN3O6Si/c1-9-19-20-13-18(41-42(7,8)30(3,4)5)11-12-24(20)33-27-21(19)15-35-25(27)14-23-22(28(35)37)17-39-29(38)31(23,10-2)40-26(36)16-34(6)32/h11-14H,9-10,15-17H2,1-8H3/t31-/m0/s1. The number of hydrogen-bond acceptors (Lipinski definition) is 8. The summed E-state index contributed by atoms with van der Waals surface area (Å²) in [5, 5.41) is 1.05. The average Bonchev–Trinajstić information content (AvgIpc) is 3.26. The van der Waals surface area contributed by atoms with E-state index in [9.17, 15) is 14.4 Å². The molecule has 3 aromatic rings. The summed E-state index contributed by atoms with van der Waals surface area (Å²) in [6.45, 7) is 14.8. The SMILES string of the molecule is CCc1c2c(nc3ccc(O[Si](C)(C)C(C)(C)C)cc13)-c1cc3c(c(=O)n1C2)COC(=O)[C@@]3(CC)OC(=O)CN(C)Cl. The maximum atomic E-state index is 13.9. The molecule has 224 valence electrons. The molecule has 1 aromatic carbocycles. The number of carbonyl (C=O) groups excluding carboxylic acids is 2. The summed E-state index contributed by atoms with van der Waals surface area (Å²) >= 11 is 5.86. The first-order valence-electron chi connectivity index (χ1n) is 14.3. The first-order valence-corrected chi connectivity index (χ1v) is 17.6. The Balaban J connectivity index is 1.66. The Morgan fingerprint density at radius 2 is 1.90 bits per heavy atom. The smallest absolute Gasteiger partial charge is 0.355 e. The van der Waals surface area contributed by atoms with Gasteiger partial charge in [0.05, 0.1) is 29.0 Å². The highest BCUT2D eigenvalue weighted by Crippen LogP contribution is 2.43. The van der Waals surface area contributed by atoms with Gasteiger partial charge in [-0.3, -0.25) is 9.59 Å². The lowest BCUT2D eigenvalue weighted by Crippen LogP contribution is -2.48. The van der Waals surface area contributed by atoms with Gasteiger partial charge in [0.2, 0.25) is 13.9 Å². The lowest BCUT2D eigenvalue weighted by molar-refractivity contribution is -0.189. The topological polar surface area (TPSA) is 100.0 Å². The molecule has 0 amide bonds. The fourth-order valence-electron chi connectivity index (χ4n) is 5.62. The van der Waals surface area contributed by atoms with Gasteiger partial charge >= 0.3 is 11.9 Å². The van der Waals surface area contributed by atoms with Gasteiger partial charge in [0.15, 0.2) is 0 Å². The van der Waals surface area contributed by atoms with Crippen LogP contribution in [0.2, 0.25) is 18.1 Å². The molecular formula is C31H38ClN3O6Si. The second-order valence-electron chi connectivity index (χ2n) is 12.6. The van der Waals surface area contributed by atoms with Crippen molar-refractivity contribution in [1.29, 1.82) is 0 Å². The van der Waals surface area contributed by atoms with Gasteiger partial charge in [-0.25, -0.2) is 14.2 Å². The number of ether oxygens (including phenoxy) is 2. The van der Waals surface area contributed by atoms with Crippen LogP contribution in [0.4, 0.5) is 0 Å². The Hall–Kier alpha value is -3.21. The van der Waals surface area contributed by atoms with Crippen LogP contribution in [0.25, 0.3) is 22.3 Å². The van der Waals surface area contributed by atoms with E-state index in [1.54, 1.807) is 17.6 Å². The van der Waals surface area contributed by atoms with Crippen molar-refractivity contribution in [2.75, 3.05) is 13.6 Å². The Kier molecular flexibility index (Phi) is 7.56. The maximum absolute atomic E-state index is 13.9. The molecule has 0 bridgehead atoms. The maximum Gasteiger partial charge on any atom is 0.355 e. The molecule has 1 atom stereocenters. The highest BCUT2D eigenvalue weighted by molar-refractivity contribution is 6.74. The van der Waals surface area contributed by atoms with Crippen LogP contribution in [-0.2, 0) is 44.2 Å². The molecule has 0 aliphatic carbocycles. The molecule has 2 aromatic heterocycles. The van der Waals surface area contributed by atoms with E-state index in [4.69, 9.17) is 30.7 Å². The quantitative estimate of drug-likeness (QED) is 0.150. The van der Waals surface area contributed by atoms with E-state index in [1.165, 1.54) is 7.05 Å². The Morgan fingerprint density at radius 1 is 1.19 bits per heavy atom. The lowest BCUT2D eigenvalue weighted by Gasteiger charge is -2.36. The molecule has 0 spiro atoms. The number of fused-ring (bicyclic) bond motifs is 5. The number of carbonyl (C=O) groups is 2. The monoisotopic (exact) mass is 611 g/mol. The molecule has 0 N–H and O–H groups in total. The van der Waals surface area contributed by atoms with Gasteiger partial charge in [-0.2, -0.15) is 0 Å². The number of aryl methyl sites for hydroxylation is 1. The molecule has 2 aliphatic heterocycles. The van der Waals surface area contributed by atoms with Crippen molar-refractivity contribution < 1.29 is 23.5 Å². The van der Waals surface area contributed by atoms with Crippen LogP contribution in [0, 0.1) is 0 Å². The fraction of sp³-hybridized carbons (Fsp3) is 0.484. The number of hydrogen-bond donors (Lipinski definition) is 0. The minimum absolute atomic E-state index is 0.0562. The minimum Gasteiger partial charge on any atom is -0.543 e. The zero-order valence-electron chi connectivity index (χ0n) is 25.5. The van der Waals surface area contributed by atoms with Crippen molar-refractivity contribution in [3.63, 3.8) is 0 Å². The summed E-state index contributed by atoms with van der Waals surface area (Å²) in [7, 11) is -0.542. The zero-order chi connectivity index (χ0) is 30.8. The molecule has 0 radical (unpaired) electrons. The second kappa shape index (κ2) is 10.5. The van der Waals surface area contributed by atoms with Crippen LogP contribution in [0.15, 0.2) is 29.1 Å². The molecule has 4 heterocycles. The van der Waals surface area contributed by atoms with E-state index < -0.39 is 25.9 Å². The van der Waals surface area contributed by atoms with Crippen molar-refractivity contribution in [2.24, 2.45) is 0 Å².